The van der Waals surface area contributed by atoms with Crippen LogP contribution >= 0.6 is 15.9 Å². The molecule has 0 aliphatic rings. The molecule has 0 spiro atoms. The van der Waals surface area contributed by atoms with Crippen LogP contribution in [0.1, 0.15) is 0 Å². The molecule has 0 rings (SSSR count). The van der Waals surface area contributed by atoms with Gasteiger partial charge in [-0.1, -0.05) is 6.58 Å². The molecule has 0 atom stereocenters. The Bertz CT molecular complexity index is 167. The van der Waals surface area contributed by atoms with E-state index in [1.54, 1.807) is 0 Å². The van der Waals surface area contributed by atoms with E-state index >= 15 is 0 Å². The van der Waals surface area contributed by atoms with Crippen LogP contribution in [0.2, 0.25) is 0 Å². The third-order valence-electron chi connectivity index (χ3n) is 0.738. The number of nitrogens with zero attached hydrogens (tertiary/aromatic N) is 1. The molecule has 0 bridgehead atoms. The van der Waals surface area contributed by atoms with E-state index in [4.69, 9.17) is 0 Å². The molecule has 56 valence electrons. The lowest BCUT2D eigenvalue weighted by atomic mass is 10.5. The summed E-state index contributed by atoms with van der Waals surface area (Å²) in [7, 11) is 0. The summed E-state index contributed by atoms with van der Waals surface area (Å²) in [6.07, 6.45) is 1.35. The zero-order chi connectivity index (χ0) is 7.98. The third kappa shape index (κ3) is 2.77. The number of allylic oxidation sites excluding steroid dienone is 1. The summed E-state index contributed by atoms with van der Waals surface area (Å²) in [5.74, 6) is 0.248. The van der Waals surface area contributed by atoms with Crippen LogP contribution in [-0.2, 0) is 4.74 Å². The second-order valence-electron chi connectivity index (χ2n) is 1.27. The minimum absolute atomic E-state index is 0.248. The van der Waals surface area contributed by atoms with Gasteiger partial charge in [0.05, 0.1) is 0 Å². The highest BCUT2D eigenvalue weighted by molar-refractivity contribution is 9.11. The standard InChI is InChI=1S/C6H7BrFNO/c1-3-5(10-4-8)6(7)9-2/h3H,1-2,4H2/b6-5+. The third-order valence-corrected chi connectivity index (χ3v) is 1.38. The molecule has 0 aromatic carbocycles. The van der Waals surface area contributed by atoms with Crippen molar-refractivity contribution < 1.29 is 9.13 Å². The van der Waals surface area contributed by atoms with Crippen molar-refractivity contribution in [2.75, 3.05) is 6.86 Å². The van der Waals surface area contributed by atoms with Crippen LogP contribution in [-0.4, -0.2) is 13.6 Å². The molecule has 0 radical (unpaired) electrons. The highest BCUT2D eigenvalue weighted by atomic mass is 79.9. The van der Waals surface area contributed by atoms with Gasteiger partial charge in [0.2, 0.25) is 6.86 Å². The van der Waals surface area contributed by atoms with Crippen molar-refractivity contribution in [3.63, 3.8) is 0 Å². The van der Waals surface area contributed by atoms with Crippen molar-refractivity contribution >= 4 is 22.6 Å². The van der Waals surface area contributed by atoms with E-state index in [-0.39, 0.29) is 5.76 Å². The first-order chi connectivity index (χ1) is 4.76. The van der Waals surface area contributed by atoms with Gasteiger partial charge in [-0.05, 0) is 28.7 Å². The lowest BCUT2D eigenvalue weighted by Crippen LogP contribution is -1.87. The van der Waals surface area contributed by atoms with Gasteiger partial charge < -0.3 is 4.74 Å². The largest absolute Gasteiger partial charge is 0.460 e. The molecule has 0 amide bonds. The first-order valence-corrected chi connectivity index (χ1v) is 3.23. The number of ether oxygens (including phenoxy) is 1. The van der Waals surface area contributed by atoms with E-state index in [9.17, 15) is 4.39 Å². The van der Waals surface area contributed by atoms with E-state index in [0.29, 0.717) is 4.61 Å². The quantitative estimate of drug-likeness (QED) is 0.301. The fourth-order valence-corrected chi connectivity index (χ4v) is 0.616. The van der Waals surface area contributed by atoms with Crippen molar-refractivity contribution in [2.45, 2.75) is 0 Å². The molecule has 0 fully saturated rings. The second kappa shape index (κ2) is 5.17. The number of hydrogen-bond acceptors (Lipinski definition) is 2. The summed E-state index contributed by atoms with van der Waals surface area (Å²) < 4.78 is 16.3. The maximum absolute atomic E-state index is 11.5. The minimum Gasteiger partial charge on any atom is -0.460 e. The summed E-state index contributed by atoms with van der Waals surface area (Å²) in [4.78, 5) is 3.46. The zero-order valence-corrected chi connectivity index (χ0v) is 6.90. The summed E-state index contributed by atoms with van der Waals surface area (Å²) in [6, 6.07) is 0. The first-order valence-electron chi connectivity index (χ1n) is 2.44. The lowest BCUT2D eigenvalue weighted by molar-refractivity contribution is 0.123. The molecule has 2 nitrogen and oxygen atoms in total. The Balaban J connectivity index is 4.28. The van der Waals surface area contributed by atoms with Gasteiger partial charge in [-0.3, -0.25) is 4.99 Å². The predicted octanol–water partition coefficient (Wildman–Crippen LogP) is 2.38. The Labute approximate surface area is 67.2 Å². The van der Waals surface area contributed by atoms with Crippen LogP contribution in [0.4, 0.5) is 4.39 Å². The monoisotopic (exact) mass is 207 g/mol. The summed E-state index contributed by atoms with van der Waals surface area (Å²) in [5.41, 5.74) is 0. The second-order valence-corrected chi connectivity index (χ2v) is 2.02. The maximum atomic E-state index is 11.5. The molecule has 0 aliphatic heterocycles. The first kappa shape index (κ1) is 9.36. The Kier molecular flexibility index (Phi) is 4.84. The molecule has 0 saturated carbocycles. The van der Waals surface area contributed by atoms with Gasteiger partial charge in [-0.25, -0.2) is 4.39 Å². The molecule has 0 heterocycles. The number of halogens is 2. The molecule has 4 heteroatoms. The van der Waals surface area contributed by atoms with Crippen molar-refractivity contribution in [3.8, 4) is 0 Å². The molecule has 0 aliphatic carbocycles. The van der Waals surface area contributed by atoms with E-state index < -0.39 is 6.86 Å². The normalized spacial score (nSPS) is 11.8. The zero-order valence-electron chi connectivity index (χ0n) is 5.31. The molecule has 0 aromatic rings. The fraction of sp³-hybridized carbons (Fsp3) is 0.167. The summed E-state index contributed by atoms with van der Waals surface area (Å²) in [6.45, 7) is 5.69. The van der Waals surface area contributed by atoms with Gasteiger partial charge in [-0.2, -0.15) is 0 Å². The summed E-state index contributed by atoms with van der Waals surface area (Å²) >= 11 is 2.99. The Hall–Kier alpha value is -0.640. The average Bonchev–Trinajstić information content (AvgIpc) is 1.99. The van der Waals surface area contributed by atoms with E-state index in [0.717, 1.165) is 0 Å². The van der Waals surface area contributed by atoms with Gasteiger partial charge in [0.25, 0.3) is 0 Å². The molecule has 10 heavy (non-hydrogen) atoms. The Morgan fingerprint density at radius 3 is 2.70 bits per heavy atom. The fourth-order valence-electron chi connectivity index (χ4n) is 0.339. The number of hydrogen-bond donors (Lipinski definition) is 0. The van der Waals surface area contributed by atoms with Crippen LogP contribution in [0.25, 0.3) is 0 Å². The van der Waals surface area contributed by atoms with Gasteiger partial charge in [0.1, 0.15) is 4.61 Å². The van der Waals surface area contributed by atoms with Crippen molar-refractivity contribution in [1.82, 2.24) is 0 Å². The summed E-state index contributed by atoms with van der Waals surface area (Å²) in [5, 5.41) is 0. The van der Waals surface area contributed by atoms with Gasteiger partial charge in [0, 0.05) is 0 Å². The van der Waals surface area contributed by atoms with Crippen LogP contribution < -0.4 is 0 Å². The molecule has 0 unspecified atom stereocenters. The van der Waals surface area contributed by atoms with E-state index in [1.165, 1.54) is 6.08 Å². The molecular weight excluding hydrogens is 201 g/mol. The van der Waals surface area contributed by atoms with Crippen LogP contribution in [0, 0.1) is 0 Å². The van der Waals surface area contributed by atoms with Gasteiger partial charge >= 0.3 is 0 Å². The topological polar surface area (TPSA) is 21.6 Å². The highest BCUT2D eigenvalue weighted by Gasteiger charge is 1.97. The molecule has 0 aromatic heterocycles. The van der Waals surface area contributed by atoms with Crippen LogP contribution in [0.3, 0.4) is 0 Å². The smallest absolute Gasteiger partial charge is 0.228 e. The average molecular weight is 208 g/mol. The minimum atomic E-state index is -0.897. The van der Waals surface area contributed by atoms with Crippen LogP contribution in [0.5, 0.6) is 0 Å². The number of aliphatic imine (C=N–C) groups is 1. The van der Waals surface area contributed by atoms with Crippen molar-refractivity contribution in [1.29, 1.82) is 0 Å². The van der Waals surface area contributed by atoms with Crippen molar-refractivity contribution in [2.24, 2.45) is 4.99 Å². The molecule has 0 N–H and O–H groups in total. The lowest BCUT2D eigenvalue weighted by Gasteiger charge is -2.00. The molecular formula is C6H7BrFNO. The number of alkyl halides is 1. The Morgan fingerprint density at radius 1 is 1.80 bits per heavy atom. The Morgan fingerprint density at radius 2 is 2.40 bits per heavy atom. The molecule has 0 saturated heterocycles. The maximum Gasteiger partial charge on any atom is 0.228 e. The van der Waals surface area contributed by atoms with Gasteiger partial charge in [-0.15, -0.1) is 0 Å². The van der Waals surface area contributed by atoms with E-state index in [2.05, 4.69) is 39.0 Å². The predicted molar refractivity (Wildman–Crippen MR) is 42.8 cm³/mol. The van der Waals surface area contributed by atoms with Crippen molar-refractivity contribution in [3.05, 3.63) is 23.0 Å². The highest BCUT2D eigenvalue weighted by Crippen LogP contribution is 2.14. The van der Waals surface area contributed by atoms with E-state index in [1.807, 2.05) is 0 Å². The van der Waals surface area contributed by atoms with Crippen LogP contribution in [0.15, 0.2) is 28.0 Å². The van der Waals surface area contributed by atoms with Gasteiger partial charge in [0.15, 0.2) is 5.76 Å². The number of rotatable bonds is 4. The SMILES string of the molecule is C=C/C(OCF)=C(/Br)N=C.